The van der Waals surface area contributed by atoms with Gasteiger partial charge >= 0.3 is 0 Å². The molecule has 0 saturated heterocycles. The van der Waals surface area contributed by atoms with E-state index in [9.17, 15) is 8.78 Å². The predicted molar refractivity (Wildman–Crippen MR) is 67.3 cm³/mol. The predicted octanol–water partition coefficient (Wildman–Crippen LogP) is 2.99. The molecule has 1 aromatic carbocycles. The molecule has 0 fully saturated rings. The number of hydrogen-bond donors (Lipinski definition) is 1. The molecule has 2 N–H and O–H groups in total. The Hall–Kier alpha value is -0.520. The lowest BCUT2D eigenvalue weighted by Gasteiger charge is -2.11. The summed E-state index contributed by atoms with van der Waals surface area (Å²) in [4.78, 5) is 0. The van der Waals surface area contributed by atoms with E-state index >= 15 is 0 Å². The Morgan fingerprint density at radius 3 is 2.47 bits per heavy atom. The first kappa shape index (κ1) is 14.5. The SMILES string of the molecule is NC(CCOCC(F)F)Cc1ccc(Br)cc1. The highest BCUT2D eigenvalue weighted by Crippen LogP contribution is 2.12. The highest BCUT2D eigenvalue weighted by molar-refractivity contribution is 9.10. The zero-order valence-electron chi connectivity index (χ0n) is 9.41. The Morgan fingerprint density at radius 2 is 1.88 bits per heavy atom. The van der Waals surface area contributed by atoms with Crippen LogP contribution in [0, 0.1) is 0 Å². The fraction of sp³-hybridized carbons (Fsp3) is 0.500. The van der Waals surface area contributed by atoms with Gasteiger partial charge in [0.25, 0.3) is 6.43 Å². The summed E-state index contributed by atoms with van der Waals surface area (Å²) in [5.74, 6) is 0. The number of hydrogen-bond acceptors (Lipinski definition) is 2. The fourth-order valence-corrected chi connectivity index (χ4v) is 1.70. The largest absolute Gasteiger partial charge is 0.375 e. The maximum Gasteiger partial charge on any atom is 0.261 e. The molecule has 0 aromatic heterocycles. The third kappa shape index (κ3) is 6.71. The van der Waals surface area contributed by atoms with Crippen molar-refractivity contribution in [2.45, 2.75) is 25.3 Å². The molecule has 0 radical (unpaired) electrons. The summed E-state index contributed by atoms with van der Waals surface area (Å²) in [6, 6.07) is 7.83. The average Bonchev–Trinajstić information content (AvgIpc) is 2.27. The van der Waals surface area contributed by atoms with Gasteiger partial charge in [0.05, 0.1) is 0 Å². The van der Waals surface area contributed by atoms with Gasteiger partial charge in [0.15, 0.2) is 0 Å². The van der Waals surface area contributed by atoms with Crippen LogP contribution in [0.2, 0.25) is 0 Å². The van der Waals surface area contributed by atoms with E-state index in [-0.39, 0.29) is 12.6 Å². The molecular weight excluding hydrogens is 292 g/mol. The second-order valence-electron chi connectivity index (χ2n) is 3.85. The van der Waals surface area contributed by atoms with Crippen molar-refractivity contribution in [3.05, 3.63) is 34.3 Å². The molecule has 0 aliphatic rings. The Morgan fingerprint density at radius 1 is 1.24 bits per heavy atom. The fourth-order valence-electron chi connectivity index (χ4n) is 1.43. The van der Waals surface area contributed by atoms with Crippen LogP contribution >= 0.6 is 15.9 Å². The van der Waals surface area contributed by atoms with Crippen molar-refractivity contribution in [2.24, 2.45) is 5.73 Å². The normalized spacial score (nSPS) is 13.0. The van der Waals surface area contributed by atoms with Gasteiger partial charge in [-0.15, -0.1) is 0 Å². The standard InChI is InChI=1S/C12H16BrF2NO/c13-10-3-1-9(2-4-10)7-11(16)5-6-17-8-12(14)15/h1-4,11-12H,5-8,16H2. The van der Waals surface area contributed by atoms with Crippen LogP contribution in [0.3, 0.4) is 0 Å². The van der Waals surface area contributed by atoms with Crippen molar-refractivity contribution in [2.75, 3.05) is 13.2 Å². The third-order valence-electron chi connectivity index (χ3n) is 2.29. The minimum absolute atomic E-state index is 0.0613. The van der Waals surface area contributed by atoms with E-state index < -0.39 is 13.0 Å². The van der Waals surface area contributed by atoms with E-state index in [4.69, 9.17) is 10.5 Å². The molecule has 5 heteroatoms. The second-order valence-corrected chi connectivity index (χ2v) is 4.76. The molecule has 1 atom stereocenters. The number of alkyl halides is 2. The minimum atomic E-state index is -2.40. The molecule has 17 heavy (non-hydrogen) atoms. The maximum absolute atomic E-state index is 11.8. The van der Waals surface area contributed by atoms with E-state index in [0.29, 0.717) is 6.42 Å². The number of benzene rings is 1. The van der Waals surface area contributed by atoms with Crippen LogP contribution in [0.1, 0.15) is 12.0 Å². The third-order valence-corrected chi connectivity index (χ3v) is 2.82. The highest BCUT2D eigenvalue weighted by Gasteiger charge is 2.06. The molecule has 1 aromatic rings. The Kier molecular flexibility index (Phi) is 6.62. The number of ether oxygens (including phenoxy) is 1. The van der Waals surface area contributed by atoms with Crippen LogP contribution < -0.4 is 5.73 Å². The van der Waals surface area contributed by atoms with E-state index in [0.717, 1.165) is 16.5 Å². The molecule has 0 aliphatic carbocycles. The highest BCUT2D eigenvalue weighted by atomic mass is 79.9. The lowest BCUT2D eigenvalue weighted by Crippen LogP contribution is -2.25. The molecular formula is C12H16BrF2NO. The first-order valence-corrected chi connectivity index (χ1v) is 6.23. The van der Waals surface area contributed by atoms with Gasteiger partial charge in [-0.3, -0.25) is 0 Å². The van der Waals surface area contributed by atoms with Crippen molar-refractivity contribution < 1.29 is 13.5 Å². The zero-order valence-corrected chi connectivity index (χ0v) is 11.0. The average molecular weight is 308 g/mol. The van der Waals surface area contributed by atoms with Gasteiger partial charge < -0.3 is 10.5 Å². The van der Waals surface area contributed by atoms with Crippen LogP contribution in [-0.4, -0.2) is 25.7 Å². The molecule has 0 bridgehead atoms. The molecule has 96 valence electrons. The Balaban J connectivity index is 2.20. The van der Waals surface area contributed by atoms with Crippen molar-refractivity contribution in [1.82, 2.24) is 0 Å². The van der Waals surface area contributed by atoms with Crippen molar-refractivity contribution >= 4 is 15.9 Å². The number of halogens is 3. The molecule has 0 aliphatic heterocycles. The van der Waals surface area contributed by atoms with Gasteiger partial charge in [-0.1, -0.05) is 28.1 Å². The van der Waals surface area contributed by atoms with Crippen molar-refractivity contribution in [3.63, 3.8) is 0 Å². The van der Waals surface area contributed by atoms with E-state index in [1.807, 2.05) is 24.3 Å². The van der Waals surface area contributed by atoms with E-state index in [1.165, 1.54) is 0 Å². The topological polar surface area (TPSA) is 35.2 Å². The molecule has 0 amide bonds. The second kappa shape index (κ2) is 7.74. The van der Waals surface area contributed by atoms with Crippen LogP contribution in [0.4, 0.5) is 8.78 Å². The first-order valence-electron chi connectivity index (χ1n) is 5.44. The lowest BCUT2D eigenvalue weighted by atomic mass is 10.0. The van der Waals surface area contributed by atoms with Gasteiger partial charge in [-0.2, -0.15) is 0 Å². The summed E-state index contributed by atoms with van der Waals surface area (Å²) >= 11 is 3.35. The summed E-state index contributed by atoms with van der Waals surface area (Å²) in [6.07, 6.45) is -1.09. The van der Waals surface area contributed by atoms with E-state index in [1.54, 1.807) is 0 Å². The maximum atomic E-state index is 11.8. The molecule has 1 rings (SSSR count). The van der Waals surface area contributed by atoms with Crippen molar-refractivity contribution in [3.8, 4) is 0 Å². The van der Waals surface area contributed by atoms with Gasteiger partial charge in [0.1, 0.15) is 6.61 Å². The van der Waals surface area contributed by atoms with Crippen LogP contribution in [0.25, 0.3) is 0 Å². The first-order chi connectivity index (χ1) is 8.08. The summed E-state index contributed by atoms with van der Waals surface area (Å²) in [6.45, 7) is -0.229. The van der Waals surface area contributed by atoms with E-state index in [2.05, 4.69) is 15.9 Å². The van der Waals surface area contributed by atoms with Gasteiger partial charge in [0, 0.05) is 17.1 Å². The Bertz CT molecular complexity index is 319. The monoisotopic (exact) mass is 307 g/mol. The van der Waals surface area contributed by atoms with Crippen LogP contribution in [-0.2, 0) is 11.2 Å². The van der Waals surface area contributed by atoms with Gasteiger partial charge in [0.2, 0.25) is 0 Å². The quantitative estimate of drug-likeness (QED) is 0.786. The lowest BCUT2D eigenvalue weighted by molar-refractivity contribution is 0.0153. The number of nitrogens with two attached hydrogens (primary N) is 1. The molecule has 0 heterocycles. The summed E-state index contributed by atoms with van der Waals surface area (Å²) in [7, 11) is 0. The smallest absolute Gasteiger partial charge is 0.261 e. The summed E-state index contributed by atoms with van der Waals surface area (Å²) in [5.41, 5.74) is 7.02. The van der Waals surface area contributed by atoms with Gasteiger partial charge in [-0.05, 0) is 30.5 Å². The minimum Gasteiger partial charge on any atom is -0.375 e. The molecule has 1 unspecified atom stereocenters. The van der Waals surface area contributed by atoms with Crippen molar-refractivity contribution in [1.29, 1.82) is 0 Å². The molecule has 2 nitrogen and oxygen atoms in total. The van der Waals surface area contributed by atoms with Crippen LogP contribution in [0.5, 0.6) is 0 Å². The zero-order chi connectivity index (χ0) is 12.7. The summed E-state index contributed by atoms with van der Waals surface area (Å²) < 4.78 is 29.4. The molecule has 0 spiro atoms. The summed E-state index contributed by atoms with van der Waals surface area (Å²) in [5, 5.41) is 0. The Labute approximate surface area is 108 Å². The molecule has 0 saturated carbocycles. The van der Waals surface area contributed by atoms with Crippen LogP contribution in [0.15, 0.2) is 28.7 Å². The number of rotatable bonds is 7. The van der Waals surface area contributed by atoms with Gasteiger partial charge in [-0.25, -0.2) is 8.78 Å².